The van der Waals surface area contributed by atoms with Gasteiger partial charge >= 0.3 is 6.03 Å². The molecule has 1 N–H and O–H groups in total. The first-order valence-corrected chi connectivity index (χ1v) is 11.3. The van der Waals surface area contributed by atoms with Crippen LogP contribution < -0.4 is 15.0 Å². The molecule has 0 unspecified atom stereocenters. The number of hydrogen-bond donors (Lipinski definition) is 1. The van der Waals surface area contributed by atoms with Crippen molar-refractivity contribution in [3.05, 3.63) is 112 Å². The Kier molecular flexibility index (Phi) is 7.13. The summed E-state index contributed by atoms with van der Waals surface area (Å²) < 4.78 is 6.04. The molecule has 7 heteroatoms. The Morgan fingerprint density at radius 1 is 1.03 bits per heavy atom. The maximum atomic E-state index is 13.1. The Morgan fingerprint density at radius 2 is 1.80 bits per heavy atom. The van der Waals surface area contributed by atoms with Crippen molar-refractivity contribution in [2.45, 2.75) is 20.0 Å². The second kappa shape index (κ2) is 10.4. The van der Waals surface area contributed by atoms with E-state index in [1.54, 1.807) is 30.3 Å². The predicted octanol–water partition coefficient (Wildman–Crippen LogP) is 5.62. The molecule has 1 aliphatic heterocycles. The van der Waals surface area contributed by atoms with E-state index in [0.717, 1.165) is 21.6 Å². The van der Waals surface area contributed by atoms with Gasteiger partial charge in [0, 0.05) is 5.02 Å². The van der Waals surface area contributed by atoms with Gasteiger partial charge in [0.05, 0.1) is 5.69 Å². The molecule has 4 amide bonds. The molecule has 4 rings (SSSR count). The topological polar surface area (TPSA) is 75.7 Å². The molecular formula is C28H23ClN2O4. The zero-order valence-electron chi connectivity index (χ0n) is 19.1. The molecule has 0 radical (unpaired) electrons. The number of aryl methyl sites for hydroxylation is 1. The van der Waals surface area contributed by atoms with Crippen molar-refractivity contribution < 1.29 is 19.1 Å². The van der Waals surface area contributed by atoms with Crippen LogP contribution in [0.4, 0.5) is 10.5 Å². The number of allylic oxidation sites excluding steroid dienone is 1. The summed E-state index contributed by atoms with van der Waals surface area (Å²) in [5, 5.41) is 2.69. The van der Waals surface area contributed by atoms with Gasteiger partial charge in [0.15, 0.2) is 0 Å². The van der Waals surface area contributed by atoms with E-state index in [0.29, 0.717) is 35.1 Å². The lowest BCUT2D eigenvalue weighted by atomic mass is 10.0. The number of carbonyl (C=O) groups excluding carboxylic acids is 3. The molecule has 1 aliphatic rings. The highest BCUT2D eigenvalue weighted by molar-refractivity contribution is 6.39. The quantitative estimate of drug-likeness (QED) is 0.267. The Labute approximate surface area is 208 Å². The van der Waals surface area contributed by atoms with Gasteiger partial charge in [0.25, 0.3) is 11.8 Å². The molecule has 1 heterocycles. The van der Waals surface area contributed by atoms with Gasteiger partial charge in [-0.15, -0.1) is 6.58 Å². The summed E-state index contributed by atoms with van der Waals surface area (Å²) in [4.78, 5) is 38.9. The minimum absolute atomic E-state index is 0.155. The van der Waals surface area contributed by atoms with Gasteiger partial charge in [0.2, 0.25) is 0 Å². The predicted molar refractivity (Wildman–Crippen MR) is 136 cm³/mol. The molecule has 3 aromatic carbocycles. The summed E-state index contributed by atoms with van der Waals surface area (Å²) in [6.45, 7) is 6.25. The van der Waals surface area contributed by atoms with Gasteiger partial charge in [-0.25, -0.2) is 9.69 Å². The number of hydrogen-bond acceptors (Lipinski definition) is 4. The summed E-state index contributed by atoms with van der Waals surface area (Å²) in [6.07, 6.45) is 3.75. The number of nitrogens with one attached hydrogen (secondary N) is 1. The van der Waals surface area contributed by atoms with Crippen LogP contribution in [0, 0.1) is 6.92 Å². The Morgan fingerprint density at radius 3 is 2.51 bits per heavy atom. The number of amides is 4. The van der Waals surface area contributed by atoms with Crippen molar-refractivity contribution in [2.24, 2.45) is 0 Å². The first-order valence-electron chi connectivity index (χ1n) is 10.9. The van der Waals surface area contributed by atoms with Crippen molar-refractivity contribution in [1.29, 1.82) is 0 Å². The molecule has 0 aromatic heterocycles. The fourth-order valence-corrected chi connectivity index (χ4v) is 3.88. The van der Waals surface area contributed by atoms with Crippen LogP contribution >= 0.6 is 11.6 Å². The van der Waals surface area contributed by atoms with E-state index < -0.39 is 17.8 Å². The Hall–Kier alpha value is -4.16. The monoisotopic (exact) mass is 486 g/mol. The van der Waals surface area contributed by atoms with Crippen LogP contribution in [0.2, 0.25) is 5.02 Å². The molecule has 0 aliphatic carbocycles. The van der Waals surface area contributed by atoms with E-state index in [9.17, 15) is 14.4 Å². The molecule has 3 aromatic rings. The molecule has 1 saturated heterocycles. The van der Waals surface area contributed by atoms with Crippen molar-refractivity contribution in [3.8, 4) is 5.75 Å². The third kappa shape index (κ3) is 5.50. The number of benzene rings is 3. The summed E-state index contributed by atoms with van der Waals surface area (Å²) in [5.74, 6) is -0.785. The summed E-state index contributed by atoms with van der Waals surface area (Å²) in [5.41, 5.74) is 3.84. The third-order valence-electron chi connectivity index (χ3n) is 5.42. The van der Waals surface area contributed by atoms with E-state index in [2.05, 4.69) is 18.0 Å². The minimum Gasteiger partial charge on any atom is -0.489 e. The first kappa shape index (κ1) is 24.0. The van der Waals surface area contributed by atoms with Gasteiger partial charge in [-0.1, -0.05) is 53.6 Å². The number of barbiturate groups is 1. The van der Waals surface area contributed by atoms with Crippen LogP contribution in [0.3, 0.4) is 0 Å². The van der Waals surface area contributed by atoms with Crippen molar-refractivity contribution in [2.75, 3.05) is 4.90 Å². The highest BCUT2D eigenvalue weighted by atomic mass is 35.5. The average molecular weight is 487 g/mol. The highest BCUT2D eigenvalue weighted by Gasteiger charge is 2.36. The summed E-state index contributed by atoms with van der Waals surface area (Å²) >= 11 is 5.91. The lowest BCUT2D eigenvalue weighted by Crippen LogP contribution is -2.54. The number of halogens is 1. The van der Waals surface area contributed by atoms with Crippen LogP contribution in [0.1, 0.15) is 22.3 Å². The van der Waals surface area contributed by atoms with E-state index in [-0.39, 0.29) is 5.57 Å². The molecule has 0 spiro atoms. The molecule has 35 heavy (non-hydrogen) atoms. The van der Waals surface area contributed by atoms with E-state index in [4.69, 9.17) is 16.3 Å². The number of ether oxygens (including phenoxy) is 1. The number of carbonyl (C=O) groups is 3. The molecular weight excluding hydrogens is 464 g/mol. The molecule has 0 atom stereocenters. The van der Waals surface area contributed by atoms with Gasteiger partial charge in [0.1, 0.15) is 17.9 Å². The van der Waals surface area contributed by atoms with Crippen molar-refractivity contribution in [3.63, 3.8) is 0 Å². The Bertz CT molecular complexity index is 1350. The highest BCUT2D eigenvalue weighted by Crippen LogP contribution is 2.26. The molecule has 6 nitrogen and oxygen atoms in total. The lowest BCUT2D eigenvalue weighted by Gasteiger charge is -2.26. The first-order chi connectivity index (χ1) is 16.9. The largest absolute Gasteiger partial charge is 0.489 e. The van der Waals surface area contributed by atoms with Crippen molar-refractivity contribution >= 4 is 41.2 Å². The standard InChI is InChI=1S/C28H23ClN2O4/c1-3-5-21-15-19(8-13-25(21)35-17-20-7-4-6-18(2)14-20)16-24-26(32)30-28(34)31(27(24)33)23-11-9-22(29)10-12-23/h3-4,6-16H,1,5,17H2,2H3,(H,30,32,34)/b24-16+. The van der Waals surface area contributed by atoms with Crippen LogP contribution in [-0.2, 0) is 22.6 Å². The normalized spacial score (nSPS) is 14.7. The fourth-order valence-electron chi connectivity index (χ4n) is 3.76. The minimum atomic E-state index is -0.813. The van der Waals surface area contributed by atoms with Crippen LogP contribution in [0.25, 0.3) is 6.08 Å². The zero-order chi connectivity index (χ0) is 24.9. The second-order valence-electron chi connectivity index (χ2n) is 8.07. The zero-order valence-corrected chi connectivity index (χ0v) is 19.8. The Balaban J connectivity index is 1.61. The SMILES string of the molecule is C=CCc1cc(/C=C2\C(=O)NC(=O)N(c3ccc(Cl)cc3)C2=O)ccc1OCc1cccc(C)c1. The third-order valence-corrected chi connectivity index (χ3v) is 5.68. The molecule has 0 saturated carbocycles. The molecule has 0 bridgehead atoms. The molecule has 176 valence electrons. The van der Waals surface area contributed by atoms with Crippen LogP contribution in [0.15, 0.2) is 85.0 Å². The summed E-state index contributed by atoms with van der Waals surface area (Å²) in [7, 11) is 0. The van der Waals surface area contributed by atoms with Crippen molar-refractivity contribution in [1.82, 2.24) is 5.32 Å². The maximum absolute atomic E-state index is 13.1. The average Bonchev–Trinajstić information content (AvgIpc) is 2.82. The number of anilines is 1. The van der Waals surface area contributed by atoms with Crippen LogP contribution in [-0.4, -0.2) is 17.8 Å². The summed E-state index contributed by atoms with van der Waals surface area (Å²) in [6, 6.07) is 18.9. The van der Waals surface area contributed by atoms with E-state index >= 15 is 0 Å². The fraction of sp³-hybridized carbons (Fsp3) is 0.107. The maximum Gasteiger partial charge on any atom is 0.335 e. The van der Waals surface area contributed by atoms with Crippen LogP contribution in [0.5, 0.6) is 5.75 Å². The number of rotatable bonds is 7. The lowest BCUT2D eigenvalue weighted by molar-refractivity contribution is -0.122. The van der Waals surface area contributed by atoms with Gasteiger partial charge in [-0.3, -0.25) is 14.9 Å². The van der Waals surface area contributed by atoms with E-state index in [1.807, 2.05) is 31.2 Å². The van der Waals surface area contributed by atoms with Gasteiger partial charge < -0.3 is 4.74 Å². The van der Waals surface area contributed by atoms with Gasteiger partial charge in [-0.05, 0) is 72.5 Å². The second-order valence-corrected chi connectivity index (χ2v) is 8.51. The van der Waals surface area contributed by atoms with E-state index in [1.165, 1.54) is 18.2 Å². The smallest absolute Gasteiger partial charge is 0.335 e. The number of nitrogens with zero attached hydrogens (tertiary/aromatic N) is 1. The number of imide groups is 2. The van der Waals surface area contributed by atoms with Gasteiger partial charge in [-0.2, -0.15) is 0 Å². The molecule has 1 fully saturated rings. The number of urea groups is 1.